The van der Waals surface area contributed by atoms with Crippen molar-refractivity contribution in [3.05, 3.63) is 18.3 Å². The second-order valence-corrected chi connectivity index (χ2v) is 7.13. The SMILES string of the molecule is CCSCC(C)Nc1ncccc1S(C)(=O)=O. The van der Waals surface area contributed by atoms with Crippen LogP contribution in [0.1, 0.15) is 13.8 Å². The topological polar surface area (TPSA) is 59.1 Å². The largest absolute Gasteiger partial charge is 0.366 e. The van der Waals surface area contributed by atoms with Crippen molar-refractivity contribution in [2.75, 3.05) is 23.1 Å². The summed E-state index contributed by atoms with van der Waals surface area (Å²) in [6.45, 7) is 4.11. The molecule has 0 saturated heterocycles. The van der Waals surface area contributed by atoms with Crippen molar-refractivity contribution in [3.8, 4) is 0 Å². The molecule has 0 radical (unpaired) electrons. The lowest BCUT2D eigenvalue weighted by atomic mass is 10.3. The van der Waals surface area contributed by atoms with Gasteiger partial charge in [-0.25, -0.2) is 13.4 Å². The van der Waals surface area contributed by atoms with E-state index < -0.39 is 9.84 Å². The summed E-state index contributed by atoms with van der Waals surface area (Å²) in [5.74, 6) is 2.42. The fraction of sp³-hybridized carbons (Fsp3) is 0.545. The first-order valence-electron chi connectivity index (χ1n) is 5.44. The van der Waals surface area contributed by atoms with Crippen LogP contribution in [0.25, 0.3) is 0 Å². The first-order valence-corrected chi connectivity index (χ1v) is 8.49. The maximum atomic E-state index is 11.6. The van der Waals surface area contributed by atoms with Gasteiger partial charge in [0.15, 0.2) is 9.84 Å². The van der Waals surface area contributed by atoms with Crippen LogP contribution in [0, 0.1) is 0 Å². The normalized spacial score (nSPS) is 13.4. The molecule has 1 rings (SSSR count). The summed E-state index contributed by atoms with van der Waals surface area (Å²) < 4.78 is 23.1. The van der Waals surface area contributed by atoms with Gasteiger partial charge in [-0.05, 0) is 24.8 Å². The molecule has 6 heteroatoms. The van der Waals surface area contributed by atoms with Crippen molar-refractivity contribution in [1.82, 2.24) is 4.98 Å². The van der Waals surface area contributed by atoms with Gasteiger partial charge in [0.1, 0.15) is 10.7 Å². The minimum atomic E-state index is -3.23. The van der Waals surface area contributed by atoms with E-state index in [-0.39, 0.29) is 10.9 Å². The average Bonchev–Trinajstić information content (AvgIpc) is 2.25. The Kier molecular flexibility index (Phi) is 5.27. The highest BCUT2D eigenvalue weighted by atomic mass is 32.2. The summed E-state index contributed by atoms with van der Waals surface area (Å²) in [4.78, 5) is 4.35. The van der Waals surface area contributed by atoms with Gasteiger partial charge in [0.05, 0.1) is 0 Å². The van der Waals surface area contributed by atoms with Gasteiger partial charge in [0.2, 0.25) is 0 Å². The summed E-state index contributed by atoms with van der Waals surface area (Å²) >= 11 is 1.81. The minimum Gasteiger partial charge on any atom is -0.366 e. The Balaban J connectivity index is 2.84. The number of pyridine rings is 1. The first kappa shape index (κ1) is 14.3. The van der Waals surface area contributed by atoms with Gasteiger partial charge in [0, 0.05) is 24.2 Å². The number of nitrogens with zero attached hydrogens (tertiary/aromatic N) is 1. The summed E-state index contributed by atoms with van der Waals surface area (Å²) in [6.07, 6.45) is 2.79. The third-order valence-electron chi connectivity index (χ3n) is 2.13. The van der Waals surface area contributed by atoms with Gasteiger partial charge in [0.25, 0.3) is 0 Å². The Hall–Kier alpha value is -0.750. The zero-order valence-electron chi connectivity index (χ0n) is 10.3. The zero-order valence-corrected chi connectivity index (χ0v) is 11.9. The fourth-order valence-corrected chi connectivity index (χ4v) is 2.83. The van der Waals surface area contributed by atoms with Crippen molar-refractivity contribution in [1.29, 1.82) is 0 Å². The second-order valence-electron chi connectivity index (χ2n) is 3.83. The number of anilines is 1. The van der Waals surface area contributed by atoms with Gasteiger partial charge in [-0.15, -0.1) is 0 Å². The van der Waals surface area contributed by atoms with Crippen molar-refractivity contribution < 1.29 is 8.42 Å². The number of aromatic nitrogens is 1. The van der Waals surface area contributed by atoms with E-state index in [1.807, 2.05) is 18.7 Å². The first-order chi connectivity index (χ1) is 7.95. The maximum Gasteiger partial charge on any atom is 0.179 e. The van der Waals surface area contributed by atoms with Crippen LogP contribution in [0.4, 0.5) is 5.82 Å². The van der Waals surface area contributed by atoms with E-state index in [0.29, 0.717) is 5.82 Å². The van der Waals surface area contributed by atoms with Crippen LogP contribution in [0.3, 0.4) is 0 Å². The third-order valence-corrected chi connectivity index (χ3v) is 4.40. The third kappa shape index (κ3) is 4.55. The molecule has 1 heterocycles. The van der Waals surface area contributed by atoms with E-state index in [4.69, 9.17) is 0 Å². The van der Waals surface area contributed by atoms with Crippen LogP contribution in [-0.2, 0) is 9.84 Å². The lowest BCUT2D eigenvalue weighted by Crippen LogP contribution is -2.20. The molecule has 1 aromatic rings. The molecule has 0 saturated carbocycles. The highest BCUT2D eigenvalue weighted by Gasteiger charge is 2.15. The monoisotopic (exact) mass is 274 g/mol. The van der Waals surface area contributed by atoms with Gasteiger partial charge in [-0.3, -0.25) is 0 Å². The minimum absolute atomic E-state index is 0.190. The van der Waals surface area contributed by atoms with Crippen molar-refractivity contribution in [2.45, 2.75) is 24.8 Å². The Morgan fingerprint density at radius 1 is 1.53 bits per heavy atom. The quantitative estimate of drug-likeness (QED) is 0.860. The number of hydrogen-bond donors (Lipinski definition) is 1. The Bertz CT molecular complexity index is 460. The fourth-order valence-electron chi connectivity index (χ4n) is 1.37. The Morgan fingerprint density at radius 3 is 2.82 bits per heavy atom. The maximum absolute atomic E-state index is 11.6. The molecular formula is C11H18N2O2S2. The number of hydrogen-bond acceptors (Lipinski definition) is 5. The summed E-state index contributed by atoms with van der Waals surface area (Å²) in [6, 6.07) is 3.40. The number of sulfone groups is 1. The molecule has 96 valence electrons. The van der Waals surface area contributed by atoms with Crippen LogP contribution in [-0.4, -0.2) is 37.2 Å². The molecule has 1 unspecified atom stereocenters. The number of rotatable bonds is 6. The van der Waals surface area contributed by atoms with Gasteiger partial charge in [-0.1, -0.05) is 6.92 Å². The van der Waals surface area contributed by atoms with E-state index in [0.717, 1.165) is 11.5 Å². The molecule has 0 amide bonds. The second kappa shape index (κ2) is 6.26. The molecule has 0 aliphatic heterocycles. The smallest absolute Gasteiger partial charge is 0.179 e. The van der Waals surface area contributed by atoms with E-state index in [9.17, 15) is 8.42 Å². The Labute approximate surface area is 107 Å². The number of nitrogens with one attached hydrogen (secondary N) is 1. The van der Waals surface area contributed by atoms with Crippen LogP contribution >= 0.6 is 11.8 Å². The van der Waals surface area contributed by atoms with Crippen molar-refractivity contribution >= 4 is 27.4 Å². The lowest BCUT2D eigenvalue weighted by molar-refractivity contribution is 0.601. The van der Waals surface area contributed by atoms with Crippen LogP contribution in [0.15, 0.2) is 23.2 Å². The van der Waals surface area contributed by atoms with Crippen LogP contribution < -0.4 is 5.32 Å². The zero-order chi connectivity index (χ0) is 12.9. The molecule has 1 aromatic heterocycles. The van der Waals surface area contributed by atoms with E-state index in [2.05, 4.69) is 17.2 Å². The summed E-state index contributed by atoms with van der Waals surface area (Å²) in [5, 5.41) is 3.14. The van der Waals surface area contributed by atoms with Gasteiger partial charge < -0.3 is 5.32 Å². The molecule has 0 bridgehead atoms. The predicted molar refractivity (Wildman–Crippen MR) is 73.4 cm³/mol. The highest BCUT2D eigenvalue weighted by Crippen LogP contribution is 2.19. The molecule has 1 N–H and O–H groups in total. The van der Waals surface area contributed by atoms with Gasteiger partial charge in [-0.2, -0.15) is 11.8 Å². The standard InChI is InChI=1S/C11H18N2O2S2/c1-4-16-8-9(2)13-11-10(17(3,14)15)6-5-7-12-11/h5-7,9H,4,8H2,1-3H3,(H,12,13). The van der Waals surface area contributed by atoms with Crippen molar-refractivity contribution in [3.63, 3.8) is 0 Å². The Morgan fingerprint density at radius 2 is 2.24 bits per heavy atom. The molecule has 0 spiro atoms. The van der Waals surface area contributed by atoms with E-state index >= 15 is 0 Å². The molecule has 0 aliphatic carbocycles. The molecule has 4 nitrogen and oxygen atoms in total. The lowest BCUT2D eigenvalue weighted by Gasteiger charge is -2.15. The van der Waals surface area contributed by atoms with Crippen LogP contribution in [0.5, 0.6) is 0 Å². The number of thioether (sulfide) groups is 1. The summed E-state index contributed by atoms with van der Waals surface area (Å²) in [7, 11) is -3.23. The van der Waals surface area contributed by atoms with E-state index in [1.165, 1.54) is 6.26 Å². The van der Waals surface area contributed by atoms with Gasteiger partial charge >= 0.3 is 0 Å². The van der Waals surface area contributed by atoms with Crippen molar-refractivity contribution in [2.24, 2.45) is 0 Å². The molecule has 0 fully saturated rings. The molecular weight excluding hydrogens is 256 g/mol. The summed E-state index contributed by atoms with van der Waals surface area (Å²) in [5.41, 5.74) is 0. The van der Waals surface area contributed by atoms with E-state index in [1.54, 1.807) is 18.3 Å². The van der Waals surface area contributed by atoms with Crippen LogP contribution in [0.2, 0.25) is 0 Å². The molecule has 1 atom stereocenters. The molecule has 0 aromatic carbocycles. The average molecular weight is 274 g/mol. The predicted octanol–water partition coefficient (Wildman–Crippen LogP) is 2.04. The highest BCUT2D eigenvalue weighted by molar-refractivity contribution is 7.99. The molecule has 17 heavy (non-hydrogen) atoms. The molecule has 0 aliphatic rings.